The molecule has 0 aliphatic carbocycles. The number of amides is 2. The van der Waals surface area contributed by atoms with Crippen molar-refractivity contribution < 1.29 is 19.1 Å². The van der Waals surface area contributed by atoms with Crippen molar-refractivity contribution in [3.8, 4) is 0 Å². The molecule has 0 heterocycles. The van der Waals surface area contributed by atoms with Gasteiger partial charge in [-0.05, 0) is 55.3 Å². The molecule has 0 spiro atoms. The number of esters is 1. The van der Waals surface area contributed by atoms with Gasteiger partial charge < -0.3 is 15.8 Å². The number of hydrogen-bond donors (Lipinski definition) is 2. The van der Waals surface area contributed by atoms with E-state index in [0.717, 1.165) is 12.0 Å². The van der Waals surface area contributed by atoms with Crippen molar-refractivity contribution in [3.05, 3.63) is 65.2 Å². The SMILES string of the molecule is CCc1ccc(C(=O)O[C@@H](C)C(=O)Nc2ccc(C(N)=O)cc2)cc1. The van der Waals surface area contributed by atoms with Gasteiger partial charge >= 0.3 is 5.97 Å². The maximum absolute atomic E-state index is 12.1. The number of benzene rings is 2. The molecule has 6 nitrogen and oxygen atoms in total. The monoisotopic (exact) mass is 340 g/mol. The van der Waals surface area contributed by atoms with Crippen molar-refractivity contribution >= 4 is 23.5 Å². The van der Waals surface area contributed by atoms with Crippen LogP contribution in [0.5, 0.6) is 0 Å². The van der Waals surface area contributed by atoms with E-state index >= 15 is 0 Å². The van der Waals surface area contributed by atoms with E-state index in [-0.39, 0.29) is 0 Å². The summed E-state index contributed by atoms with van der Waals surface area (Å²) in [6.07, 6.45) is -0.0861. The fraction of sp³-hybridized carbons (Fsp3) is 0.211. The van der Waals surface area contributed by atoms with Crippen molar-refractivity contribution in [2.45, 2.75) is 26.4 Å². The van der Waals surface area contributed by atoms with E-state index in [2.05, 4.69) is 5.32 Å². The number of carbonyl (C=O) groups excluding carboxylic acids is 3. The summed E-state index contributed by atoms with van der Waals surface area (Å²) in [5.41, 5.74) is 7.48. The summed E-state index contributed by atoms with van der Waals surface area (Å²) >= 11 is 0. The summed E-state index contributed by atoms with van der Waals surface area (Å²) < 4.78 is 5.18. The Morgan fingerprint density at radius 3 is 2.08 bits per heavy atom. The second-order valence-electron chi connectivity index (χ2n) is 5.53. The summed E-state index contributed by atoms with van der Waals surface area (Å²) in [5, 5.41) is 2.61. The maximum Gasteiger partial charge on any atom is 0.338 e. The summed E-state index contributed by atoms with van der Waals surface area (Å²) in [6, 6.07) is 13.2. The van der Waals surface area contributed by atoms with Crippen LogP contribution < -0.4 is 11.1 Å². The predicted molar refractivity (Wildman–Crippen MR) is 94.3 cm³/mol. The molecular formula is C19H20N2O4. The number of aryl methyl sites for hydroxylation is 1. The highest BCUT2D eigenvalue weighted by Crippen LogP contribution is 2.12. The van der Waals surface area contributed by atoms with Gasteiger partial charge in [0, 0.05) is 11.3 Å². The van der Waals surface area contributed by atoms with Crippen LogP contribution in [-0.2, 0) is 16.0 Å². The normalized spacial score (nSPS) is 11.4. The first-order valence-corrected chi connectivity index (χ1v) is 7.91. The molecule has 0 fully saturated rings. The van der Waals surface area contributed by atoms with E-state index in [4.69, 9.17) is 10.5 Å². The smallest absolute Gasteiger partial charge is 0.338 e. The molecule has 2 rings (SSSR count). The molecule has 2 aromatic carbocycles. The molecule has 25 heavy (non-hydrogen) atoms. The highest BCUT2D eigenvalue weighted by Gasteiger charge is 2.19. The zero-order chi connectivity index (χ0) is 18.4. The number of nitrogens with one attached hydrogen (secondary N) is 1. The van der Waals surface area contributed by atoms with E-state index in [1.807, 2.05) is 19.1 Å². The average Bonchev–Trinajstić information content (AvgIpc) is 2.62. The van der Waals surface area contributed by atoms with Crippen LogP contribution in [0.4, 0.5) is 5.69 Å². The van der Waals surface area contributed by atoms with Crippen molar-refractivity contribution in [2.75, 3.05) is 5.32 Å². The number of rotatable bonds is 6. The lowest BCUT2D eigenvalue weighted by atomic mass is 10.1. The van der Waals surface area contributed by atoms with Gasteiger partial charge in [0.15, 0.2) is 6.10 Å². The Labute approximate surface area is 146 Å². The van der Waals surface area contributed by atoms with Crippen LogP contribution >= 0.6 is 0 Å². The van der Waals surface area contributed by atoms with Crippen LogP contribution in [0.15, 0.2) is 48.5 Å². The van der Waals surface area contributed by atoms with Gasteiger partial charge in [0.25, 0.3) is 5.91 Å². The second kappa shape index (κ2) is 8.10. The molecule has 130 valence electrons. The molecule has 0 aliphatic rings. The Morgan fingerprint density at radius 2 is 1.56 bits per heavy atom. The van der Waals surface area contributed by atoms with E-state index in [1.54, 1.807) is 24.3 Å². The summed E-state index contributed by atoms with van der Waals surface area (Å²) in [6.45, 7) is 3.52. The van der Waals surface area contributed by atoms with Crippen molar-refractivity contribution in [3.63, 3.8) is 0 Å². The molecule has 0 radical (unpaired) electrons. The molecule has 0 saturated carbocycles. The van der Waals surface area contributed by atoms with Gasteiger partial charge in [-0.2, -0.15) is 0 Å². The van der Waals surface area contributed by atoms with Crippen LogP contribution in [0.2, 0.25) is 0 Å². The average molecular weight is 340 g/mol. The summed E-state index contributed by atoms with van der Waals surface area (Å²) in [4.78, 5) is 35.2. The zero-order valence-corrected chi connectivity index (χ0v) is 14.1. The standard InChI is InChI=1S/C19H20N2O4/c1-3-13-4-6-15(7-5-13)19(24)25-12(2)18(23)21-16-10-8-14(9-11-16)17(20)22/h4-12H,3H2,1-2H3,(H2,20,22)(H,21,23)/t12-/m0/s1. The lowest BCUT2D eigenvalue weighted by Gasteiger charge is -2.14. The van der Waals surface area contributed by atoms with Crippen LogP contribution in [0.25, 0.3) is 0 Å². The van der Waals surface area contributed by atoms with Crippen molar-refractivity contribution in [1.29, 1.82) is 0 Å². The van der Waals surface area contributed by atoms with Crippen LogP contribution in [0.3, 0.4) is 0 Å². The predicted octanol–water partition coefficient (Wildman–Crippen LogP) is 2.53. The minimum atomic E-state index is -0.964. The van der Waals surface area contributed by atoms with E-state index < -0.39 is 23.9 Å². The Morgan fingerprint density at radius 1 is 1.00 bits per heavy atom. The van der Waals surface area contributed by atoms with Gasteiger partial charge in [-0.15, -0.1) is 0 Å². The van der Waals surface area contributed by atoms with Gasteiger partial charge in [-0.25, -0.2) is 4.79 Å². The summed E-state index contributed by atoms with van der Waals surface area (Å²) in [7, 11) is 0. The van der Waals surface area contributed by atoms with Gasteiger partial charge in [0.1, 0.15) is 0 Å². The lowest BCUT2D eigenvalue weighted by Crippen LogP contribution is -2.30. The van der Waals surface area contributed by atoms with E-state index in [9.17, 15) is 14.4 Å². The highest BCUT2D eigenvalue weighted by atomic mass is 16.5. The number of anilines is 1. The topological polar surface area (TPSA) is 98.5 Å². The molecule has 0 unspecified atom stereocenters. The number of ether oxygens (including phenoxy) is 1. The fourth-order valence-corrected chi connectivity index (χ4v) is 2.12. The molecular weight excluding hydrogens is 320 g/mol. The van der Waals surface area contributed by atoms with Crippen LogP contribution in [-0.4, -0.2) is 23.9 Å². The molecule has 0 aromatic heterocycles. The van der Waals surface area contributed by atoms with Gasteiger partial charge in [-0.1, -0.05) is 19.1 Å². The third-order valence-electron chi connectivity index (χ3n) is 3.69. The quantitative estimate of drug-likeness (QED) is 0.789. The zero-order valence-electron chi connectivity index (χ0n) is 14.1. The number of primary amides is 1. The first-order chi connectivity index (χ1) is 11.9. The first-order valence-electron chi connectivity index (χ1n) is 7.91. The molecule has 0 bridgehead atoms. The van der Waals surface area contributed by atoms with E-state index in [0.29, 0.717) is 16.8 Å². The van der Waals surface area contributed by atoms with Gasteiger partial charge in [0.05, 0.1) is 5.56 Å². The Kier molecular flexibility index (Phi) is 5.89. The maximum atomic E-state index is 12.1. The molecule has 2 aromatic rings. The van der Waals surface area contributed by atoms with Crippen LogP contribution in [0.1, 0.15) is 40.1 Å². The van der Waals surface area contributed by atoms with Crippen molar-refractivity contribution in [1.82, 2.24) is 0 Å². The third kappa shape index (κ3) is 4.91. The largest absolute Gasteiger partial charge is 0.449 e. The lowest BCUT2D eigenvalue weighted by molar-refractivity contribution is -0.123. The number of carbonyl (C=O) groups is 3. The number of hydrogen-bond acceptors (Lipinski definition) is 4. The minimum absolute atomic E-state index is 0.341. The fourth-order valence-electron chi connectivity index (χ4n) is 2.12. The highest BCUT2D eigenvalue weighted by molar-refractivity contribution is 5.98. The molecule has 2 amide bonds. The molecule has 1 atom stereocenters. The molecule has 6 heteroatoms. The summed E-state index contributed by atoms with van der Waals surface area (Å²) in [5.74, 6) is -1.58. The Bertz CT molecular complexity index is 767. The van der Waals surface area contributed by atoms with Gasteiger partial charge in [-0.3, -0.25) is 9.59 Å². The minimum Gasteiger partial charge on any atom is -0.449 e. The van der Waals surface area contributed by atoms with Crippen molar-refractivity contribution in [2.24, 2.45) is 5.73 Å². The second-order valence-corrected chi connectivity index (χ2v) is 5.53. The molecule has 0 aliphatic heterocycles. The Hall–Kier alpha value is -3.15. The third-order valence-corrected chi connectivity index (χ3v) is 3.69. The van der Waals surface area contributed by atoms with E-state index in [1.165, 1.54) is 19.1 Å². The Balaban J connectivity index is 1.94. The molecule has 3 N–H and O–H groups in total. The molecule has 0 saturated heterocycles. The number of nitrogens with two attached hydrogens (primary N) is 1. The first kappa shape index (κ1) is 18.2. The van der Waals surface area contributed by atoms with Crippen LogP contribution in [0, 0.1) is 0 Å². The van der Waals surface area contributed by atoms with Gasteiger partial charge in [0.2, 0.25) is 5.91 Å².